The number of carbonyl (C=O) groups is 2. The molecule has 0 amide bonds. The van der Waals surface area contributed by atoms with Crippen LogP contribution in [0.15, 0.2) is 46.5 Å². The Morgan fingerprint density at radius 3 is 2.75 bits per heavy atom. The third kappa shape index (κ3) is 10.6. The maximum Gasteiger partial charge on any atom is 0.305 e. The molecule has 4 nitrogen and oxygen atoms in total. The van der Waals surface area contributed by atoms with Crippen molar-refractivity contribution in [1.82, 2.24) is 4.98 Å². The second-order valence-electron chi connectivity index (χ2n) is 6.28. The Labute approximate surface area is 177 Å². The van der Waals surface area contributed by atoms with Crippen molar-refractivity contribution in [3.63, 3.8) is 0 Å². The Bertz CT molecular complexity index is 690. The quantitative estimate of drug-likeness (QED) is 0.154. The highest BCUT2D eigenvalue weighted by molar-refractivity contribution is 8.00. The van der Waals surface area contributed by atoms with Gasteiger partial charge in [-0.25, -0.2) is 4.98 Å². The van der Waals surface area contributed by atoms with Crippen molar-refractivity contribution < 1.29 is 14.3 Å². The van der Waals surface area contributed by atoms with Gasteiger partial charge in [0.15, 0.2) is 5.78 Å². The van der Waals surface area contributed by atoms with Gasteiger partial charge < -0.3 is 4.74 Å². The molecule has 1 aliphatic rings. The normalized spacial score (nSPS) is 14.5. The average molecular weight is 422 g/mol. The first-order chi connectivity index (χ1) is 13.6. The van der Waals surface area contributed by atoms with E-state index in [-0.39, 0.29) is 11.8 Å². The van der Waals surface area contributed by atoms with Gasteiger partial charge in [-0.3, -0.25) is 9.59 Å². The Morgan fingerprint density at radius 2 is 2.14 bits per heavy atom. The van der Waals surface area contributed by atoms with Gasteiger partial charge in [0, 0.05) is 17.5 Å². The fraction of sp³-hybridized carbons (Fsp3) is 0.500. The number of rotatable bonds is 10. The summed E-state index contributed by atoms with van der Waals surface area (Å²) in [7, 11) is 1.41. The summed E-state index contributed by atoms with van der Waals surface area (Å²) >= 11 is 3.49. The van der Waals surface area contributed by atoms with Crippen LogP contribution in [0.5, 0.6) is 0 Å². The van der Waals surface area contributed by atoms with Crippen LogP contribution in [-0.2, 0) is 20.7 Å². The number of unbranched alkanes of at least 4 members (excludes halogenated alkanes) is 3. The lowest BCUT2D eigenvalue weighted by atomic mass is 10.1. The van der Waals surface area contributed by atoms with Crippen LogP contribution in [0.2, 0.25) is 0 Å². The first-order valence-corrected chi connectivity index (χ1v) is 11.7. The average Bonchev–Trinajstić information content (AvgIpc) is 3.34. The number of hydrogen-bond acceptors (Lipinski definition) is 6. The molecular weight excluding hydrogens is 390 g/mol. The second kappa shape index (κ2) is 15.3. The fourth-order valence-electron chi connectivity index (χ4n) is 2.54. The van der Waals surface area contributed by atoms with Gasteiger partial charge >= 0.3 is 5.97 Å². The lowest BCUT2D eigenvalue weighted by Crippen LogP contribution is -1.98. The van der Waals surface area contributed by atoms with E-state index in [0.717, 1.165) is 48.4 Å². The van der Waals surface area contributed by atoms with Crippen LogP contribution in [0, 0.1) is 0 Å². The van der Waals surface area contributed by atoms with E-state index in [1.807, 2.05) is 31.3 Å². The predicted octanol–water partition coefficient (Wildman–Crippen LogP) is 5.94. The zero-order chi connectivity index (χ0) is 20.6. The topological polar surface area (TPSA) is 56.3 Å². The number of allylic oxidation sites excluding steroid dienone is 6. The molecule has 0 bridgehead atoms. The van der Waals surface area contributed by atoms with Crippen LogP contribution in [0.1, 0.15) is 56.7 Å². The van der Waals surface area contributed by atoms with E-state index >= 15 is 0 Å². The molecule has 0 atom stereocenters. The zero-order valence-corrected chi connectivity index (χ0v) is 18.7. The molecule has 1 heterocycles. The first-order valence-electron chi connectivity index (χ1n) is 9.67. The minimum atomic E-state index is -0.121. The van der Waals surface area contributed by atoms with E-state index in [2.05, 4.69) is 22.1 Å². The molecule has 0 radical (unpaired) electrons. The van der Waals surface area contributed by atoms with Gasteiger partial charge in [0.2, 0.25) is 0 Å². The summed E-state index contributed by atoms with van der Waals surface area (Å²) in [5.74, 6) is 0.0755. The number of carbonyl (C=O) groups excluding carboxylic acids is 2. The van der Waals surface area contributed by atoms with Gasteiger partial charge in [-0.15, -0.1) is 11.3 Å². The molecule has 0 N–H and O–H groups in total. The highest BCUT2D eigenvalue weighted by atomic mass is 32.2. The highest BCUT2D eigenvalue weighted by Crippen LogP contribution is 2.23. The summed E-state index contributed by atoms with van der Waals surface area (Å²) in [5.41, 5.74) is 0.970. The van der Waals surface area contributed by atoms with Gasteiger partial charge in [-0.2, -0.15) is 0 Å². The molecule has 28 heavy (non-hydrogen) atoms. The standard InChI is InChI=1S/C14H17NOS2.C8H14O2/c1-17-14-15-10-12(18-14)8-4-2-3-6-11-7-5-9-13(11)16;1-3-4-5-6-7-8(9)10-2/h5-6,9-10H,2-4,7-8H2,1H3;3-4H,5-7H2,1-2H3/b11-6+;4-3-. The fourth-order valence-corrected chi connectivity index (χ4v) is 4.03. The van der Waals surface area contributed by atoms with E-state index in [9.17, 15) is 9.59 Å². The van der Waals surface area contributed by atoms with E-state index in [1.54, 1.807) is 29.2 Å². The van der Waals surface area contributed by atoms with Gasteiger partial charge in [-0.05, 0) is 69.8 Å². The van der Waals surface area contributed by atoms with Crippen LogP contribution >= 0.6 is 23.1 Å². The Morgan fingerprint density at radius 1 is 1.32 bits per heavy atom. The summed E-state index contributed by atoms with van der Waals surface area (Å²) in [6, 6.07) is 0. The number of esters is 1. The molecule has 0 aromatic carbocycles. The largest absolute Gasteiger partial charge is 0.469 e. The van der Waals surface area contributed by atoms with Gasteiger partial charge in [-0.1, -0.05) is 36.1 Å². The number of thiazole rings is 1. The molecule has 0 saturated carbocycles. The van der Waals surface area contributed by atoms with E-state index < -0.39 is 0 Å². The van der Waals surface area contributed by atoms with Crippen molar-refractivity contribution in [3.8, 4) is 0 Å². The summed E-state index contributed by atoms with van der Waals surface area (Å²) in [5, 5.41) is 0. The zero-order valence-electron chi connectivity index (χ0n) is 17.1. The molecule has 6 heteroatoms. The van der Waals surface area contributed by atoms with Gasteiger partial charge in [0.1, 0.15) is 4.34 Å². The molecule has 1 aliphatic carbocycles. The Hall–Kier alpha value is -1.66. The summed E-state index contributed by atoms with van der Waals surface area (Å²) in [6.07, 6.45) is 21.4. The van der Waals surface area contributed by atoms with Crippen LogP contribution in [0.25, 0.3) is 0 Å². The van der Waals surface area contributed by atoms with Crippen molar-refractivity contribution in [2.24, 2.45) is 0 Å². The SMILES string of the molecule is C/C=C\CCCC(=O)OC.CSc1ncc(CCCC/C=C2\CC=CC2=O)s1. The molecule has 0 fully saturated rings. The van der Waals surface area contributed by atoms with Crippen molar-refractivity contribution in [1.29, 1.82) is 0 Å². The lowest BCUT2D eigenvalue weighted by molar-refractivity contribution is -0.140. The number of aromatic nitrogens is 1. The van der Waals surface area contributed by atoms with Crippen molar-refractivity contribution >= 4 is 34.9 Å². The van der Waals surface area contributed by atoms with Crippen LogP contribution < -0.4 is 0 Å². The van der Waals surface area contributed by atoms with E-state index in [4.69, 9.17) is 0 Å². The molecule has 0 aliphatic heterocycles. The number of thioether (sulfide) groups is 1. The molecule has 1 aromatic heterocycles. The third-order valence-corrected chi connectivity index (χ3v) is 6.17. The third-order valence-electron chi connectivity index (χ3n) is 4.11. The number of ether oxygens (including phenoxy) is 1. The monoisotopic (exact) mass is 421 g/mol. The Kier molecular flexibility index (Phi) is 13.3. The minimum Gasteiger partial charge on any atom is -0.469 e. The second-order valence-corrected chi connectivity index (χ2v) is 8.45. The minimum absolute atomic E-state index is 0.121. The lowest BCUT2D eigenvalue weighted by Gasteiger charge is -1.97. The molecule has 0 saturated heterocycles. The number of nitrogens with zero attached hydrogens (tertiary/aromatic N) is 1. The number of aryl methyl sites for hydroxylation is 1. The van der Waals surface area contributed by atoms with Crippen molar-refractivity contribution in [3.05, 3.63) is 47.0 Å². The molecule has 2 rings (SSSR count). The molecule has 1 aromatic rings. The van der Waals surface area contributed by atoms with Gasteiger partial charge in [0.25, 0.3) is 0 Å². The van der Waals surface area contributed by atoms with Crippen molar-refractivity contribution in [2.75, 3.05) is 13.4 Å². The summed E-state index contributed by atoms with van der Waals surface area (Å²) in [4.78, 5) is 27.5. The van der Waals surface area contributed by atoms with Crippen LogP contribution in [-0.4, -0.2) is 30.1 Å². The number of hydrogen-bond donors (Lipinski definition) is 0. The summed E-state index contributed by atoms with van der Waals surface area (Å²) in [6.45, 7) is 1.97. The smallest absolute Gasteiger partial charge is 0.305 e. The van der Waals surface area contributed by atoms with E-state index in [1.165, 1.54) is 18.4 Å². The summed E-state index contributed by atoms with van der Waals surface area (Å²) < 4.78 is 5.62. The number of ketones is 1. The van der Waals surface area contributed by atoms with Crippen LogP contribution in [0.4, 0.5) is 0 Å². The molecule has 0 spiro atoms. The van der Waals surface area contributed by atoms with E-state index in [0.29, 0.717) is 6.42 Å². The van der Waals surface area contributed by atoms with Gasteiger partial charge in [0.05, 0.1) is 7.11 Å². The maximum absolute atomic E-state index is 11.3. The number of methoxy groups -OCH3 is 1. The molecular formula is C22H31NO3S2. The Balaban J connectivity index is 0.000000336. The molecule has 154 valence electrons. The van der Waals surface area contributed by atoms with Crippen molar-refractivity contribution in [2.45, 2.75) is 62.6 Å². The predicted molar refractivity (Wildman–Crippen MR) is 119 cm³/mol. The first kappa shape index (κ1) is 24.4. The maximum atomic E-state index is 11.3. The molecule has 0 unspecified atom stereocenters. The van der Waals surface area contributed by atoms with Crippen LogP contribution in [0.3, 0.4) is 0 Å². The highest BCUT2D eigenvalue weighted by Gasteiger charge is 2.09.